The van der Waals surface area contributed by atoms with Gasteiger partial charge in [0.15, 0.2) is 0 Å². The van der Waals surface area contributed by atoms with Crippen LogP contribution in [0.4, 0.5) is 0 Å². The fraction of sp³-hybridized carbons (Fsp3) is 0.500. The van der Waals surface area contributed by atoms with E-state index < -0.39 is 0 Å². The van der Waals surface area contributed by atoms with E-state index in [0.717, 1.165) is 17.0 Å². The minimum Gasteiger partial charge on any atom is -0.294 e. The second-order valence-corrected chi connectivity index (χ2v) is 3.02. The van der Waals surface area contributed by atoms with Crippen molar-refractivity contribution in [3.8, 4) is 0 Å². The highest BCUT2D eigenvalue weighted by Crippen LogP contribution is 2.11. The van der Waals surface area contributed by atoms with E-state index in [1.165, 1.54) is 0 Å². The Kier molecular flexibility index (Phi) is 2.67. The fourth-order valence-corrected chi connectivity index (χ4v) is 1.28. The summed E-state index contributed by atoms with van der Waals surface area (Å²) < 4.78 is 1.76. The first-order valence-corrected chi connectivity index (χ1v) is 4.04. The van der Waals surface area contributed by atoms with Crippen LogP contribution in [-0.2, 0) is 18.3 Å². The van der Waals surface area contributed by atoms with Gasteiger partial charge in [0.2, 0.25) is 5.91 Å². The van der Waals surface area contributed by atoms with Gasteiger partial charge in [-0.3, -0.25) is 14.9 Å². The van der Waals surface area contributed by atoms with Gasteiger partial charge in [0.1, 0.15) is 0 Å². The van der Waals surface area contributed by atoms with E-state index in [9.17, 15) is 4.79 Å². The molecule has 0 aromatic carbocycles. The Balaban J connectivity index is 2.94. The number of hydrazine groups is 1. The Bertz CT molecular complexity index is 329. The third kappa shape index (κ3) is 1.86. The molecule has 3 N–H and O–H groups in total. The molecule has 0 aliphatic heterocycles. The van der Waals surface area contributed by atoms with Gasteiger partial charge >= 0.3 is 0 Å². The number of rotatable bonds is 2. The van der Waals surface area contributed by atoms with Crippen LogP contribution in [0.25, 0.3) is 0 Å². The Morgan fingerprint density at radius 1 is 1.62 bits per heavy atom. The minimum absolute atomic E-state index is 0.195. The molecule has 1 amide bonds. The molecule has 0 bridgehead atoms. The molecule has 0 aliphatic carbocycles. The van der Waals surface area contributed by atoms with Gasteiger partial charge in [-0.15, -0.1) is 0 Å². The van der Waals surface area contributed by atoms with Crippen molar-refractivity contribution >= 4 is 5.91 Å². The monoisotopic (exact) mass is 182 g/mol. The van der Waals surface area contributed by atoms with Crippen LogP contribution < -0.4 is 11.3 Å². The summed E-state index contributed by atoms with van der Waals surface area (Å²) in [7, 11) is 1.85. The Morgan fingerprint density at radius 2 is 2.23 bits per heavy atom. The lowest BCUT2D eigenvalue weighted by atomic mass is 10.1. The smallest absolute Gasteiger partial charge is 0.238 e. The first kappa shape index (κ1) is 9.73. The van der Waals surface area contributed by atoms with Crippen molar-refractivity contribution < 1.29 is 4.79 Å². The number of nitrogens with zero attached hydrogens (tertiary/aromatic N) is 2. The van der Waals surface area contributed by atoms with Gasteiger partial charge in [0.25, 0.3) is 0 Å². The molecule has 0 saturated heterocycles. The Labute approximate surface area is 76.9 Å². The van der Waals surface area contributed by atoms with Crippen molar-refractivity contribution in [1.29, 1.82) is 0 Å². The Morgan fingerprint density at radius 3 is 2.62 bits per heavy atom. The molecule has 0 fully saturated rings. The van der Waals surface area contributed by atoms with E-state index in [-0.39, 0.29) is 5.91 Å². The molecule has 1 aromatic heterocycles. The molecule has 1 heterocycles. The molecular weight excluding hydrogens is 168 g/mol. The summed E-state index contributed by atoms with van der Waals surface area (Å²) in [6.45, 7) is 3.81. The summed E-state index contributed by atoms with van der Waals surface area (Å²) in [5.41, 5.74) is 4.93. The van der Waals surface area contributed by atoms with Crippen LogP contribution in [0, 0.1) is 13.8 Å². The summed E-state index contributed by atoms with van der Waals surface area (Å²) >= 11 is 0. The lowest BCUT2D eigenvalue weighted by Gasteiger charge is -2.00. The van der Waals surface area contributed by atoms with E-state index in [1.807, 2.05) is 20.9 Å². The molecule has 5 heteroatoms. The van der Waals surface area contributed by atoms with Crippen LogP contribution in [0.15, 0.2) is 0 Å². The summed E-state index contributed by atoms with van der Waals surface area (Å²) in [5, 5.41) is 4.19. The fourth-order valence-electron chi connectivity index (χ4n) is 1.28. The summed E-state index contributed by atoms with van der Waals surface area (Å²) in [6, 6.07) is 0. The van der Waals surface area contributed by atoms with Gasteiger partial charge < -0.3 is 0 Å². The van der Waals surface area contributed by atoms with Crippen LogP contribution in [0.5, 0.6) is 0 Å². The van der Waals surface area contributed by atoms with Crippen LogP contribution in [0.1, 0.15) is 17.0 Å². The van der Waals surface area contributed by atoms with E-state index in [2.05, 4.69) is 10.5 Å². The summed E-state index contributed by atoms with van der Waals surface area (Å²) in [6.07, 6.45) is 0.294. The van der Waals surface area contributed by atoms with Gasteiger partial charge in [0.05, 0.1) is 12.1 Å². The summed E-state index contributed by atoms with van der Waals surface area (Å²) in [4.78, 5) is 11.0. The van der Waals surface area contributed by atoms with E-state index in [0.29, 0.717) is 6.42 Å². The third-order valence-corrected chi connectivity index (χ3v) is 2.16. The predicted octanol–water partition coefficient (Wildman–Crippen LogP) is -0.431. The molecule has 13 heavy (non-hydrogen) atoms. The molecular formula is C8H14N4O. The lowest BCUT2D eigenvalue weighted by molar-refractivity contribution is -0.120. The number of amides is 1. The highest BCUT2D eigenvalue weighted by molar-refractivity contribution is 5.78. The highest BCUT2D eigenvalue weighted by atomic mass is 16.2. The SMILES string of the molecule is Cc1nn(C)c(C)c1CC(=O)NN. The predicted molar refractivity (Wildman–Crippen MR) is 48.7 cm³/mol. The van der Waals surface area contributed by atoms with E-state index >= 15 is 0 Å². The molecule has 1 aromatic rings. The average Bonchev–Trinajstić information content (AvgIpc) is 2.32. The molecule has 72 valence electrons. The minimum atomic E-state index is -0.195. The van der Waals surface area contributed by atoms with E-state index in [1.54, 1.807) is 4.68 Å². The van der Waals surface area contributed by atoms with E-state index in [4.69, 9.17) is 5.84 Å². The second-order valence-electron chi connectivity index (χ2n) is 3.02. The van der Waals surface area contributed by atoms with Crippen LogP contribution in [0.2, 0.25) is 0 Å². The van der Waals surface area contributed by atoms with Crippen molar-refractivity contribution in [3.05, 3.63) is 17.0 Å². The molecule has 0 unspecified atom stereocenters. The van der Waals surface area contributed by atoms with Crippen molar-refractivity contribution in [3.63, 3.8) is 0 Å². The highest BCUT2D eigenvalue weighted by Gasteiger charge is 2.12. The maximum atomic E-state index is 11.0. The maximum absolute atomic E-state index is 11.0. The van der Waals surface area contributed by atoms with Crippen molar-refractivity contribution in [2.24, 2.45) is 12.9 Å². The quantitative estimate of drug-likeness (QED) is 0.370. The zero-order valence-corrected chi connectivity index (χ0v) is 8.09. The largest absolute Gasteiger partial charge is 0.294 e. The van der Waals surface area contributed by atoms with Crippen molar-refractivity contribution in [1.82, 2.24) is 15.2 Å². The number of hydrogen-bond acceptors (Lipinski definition) is 3. The molecule has 0 atom stereocenters. The first-order valence-electron chi connectivity index (χ1n) is 4.04. The standard InChI is InChI=1S/C8H14N4O/c1-5-7(4-8(13)10-9)6(2)12(3)11-5/h4,9H2,1-3H3,(H,10,13). The number of aromatic nitrogens is 2. The van der Waals surface area contributed by atoms with Gasteiger partial charge in [-0.25, -0.2) is 5.84 Å². The normalized spacial score (nSPS) is 10.2. The molecule has 1 rings (SSSR count). The van der Waals surface area contributed by atoms with Crippen LogP contribution in [0.3, 0.4) is 0 Å². The molecule has 0 spiro atoms. The molecule has 0 aliphatic rings. The topological polar surface area (TPSA) is 72.9 Å². The molecule has 0 radical (unpaired) electrons. The number of aryl methyl sites for hydroxylation is 2. The number of nitrogens with one attached hydrogen (secondary N) is 1. The number of carbonyl (C=O) groups excluding carboxylic acids is 1. The van der Waals surface area contributed by atoms with Gasteiger partial charge in [0, 0.05) is 18.3 Å². The van der Waals surface area contributed by atoms with Gasteiger partial charge in [-0.2, -0.15) is 5.10 Å². The maximum Gasteiger partial charge on any atom is 0.238 e. The average molecular weight is 182 g/mol. The third-order valence-electron chi connectivity index (χ3n) is 2.16. The molecule has 0 saturated carbocycles. The summed E-state index contributed by atoms with van der Waals surface area (Å²) in [5.74, 6) is 4.80. The first-order chi connectivity index (χ1) is 6.06. The van der Waals surface area contributed by atoms with Gasteiger partial charge in [-0.05, 0) is 13.8 Å². The molecule has 5 nitrogen and oxygen atoms in total. The zero-order valence-electron chi connectivity index (χ0n) is 8.09. The van der Waals surface area contributed by atoms with Crippen LogP contribution >= 0.6 is 0 Å². The number of carbonyl (C=O) groups is 1. The van der Waals surface area contributed by atoms with Gasteiger partial charge in [-0.1, -0.05) is 0 Å². The lowest BCUT2D eigenvalue weighted by Crippen LogP contribution is -2.31. The second kappa shape index (κ2) is 3.57. The number of nitrogens with two attached hydrogens (primary N) is 1. The zero-order chi connectivity index (χ0) is 10.0. The van der Waals surface area contributed by atoms with Crippen molar-refractivity contribution in [2.75, 3.05) is 0 Å². The van der Waals surface area contributed by atoms with Crippen LogP contribution in [-0.4, -0.2) is 15.7 Å². The van der Waals surface area contributed by atoms with Crippen molar-refractivity contribution in [2.45, 2.75) is 20.3 Å². The Hall–Kier alpha value is -1.36. The number of hydrogen-bond donors (Lipinski definition) is 2.